The van der Waals surface area contributed by atoms with Gasteiger partial charge in [0.05, 0.1) is 0 Å². The van der Waals surface area contributed by atoms with E-state index in [1.54, 1.807) is 11.8 Å². The molecule has 0 saturated heterocycles. The van der Waals surface area contributed by atoms with Crippen LogP contribution in [0.15, 0.2) is 34.3 Å². The number of aromatic nitrogens is 2. The highest BCUT2D eigenvalue weighted by molar-refractivity contribution is 7.99. The zero-order chi connectivity index (χ0) is 13.8. The van der Waals surface area contributed by atoms with Crippen molar-refractivity contribution in [1.82, 2.24) is 15.3 Å². The maximum Gasteiger partial charge on any atom is 0.192 e. The summed E-state index contributed by atoms with van der Waals surface area (Å²) in [5, 5.41) is 4.00. The maximum absolute atomic E-state index is 4.46. The lowest BCUT2D eigenvalue weighted by atomic mass is 10.1. The quantitative estimate of drug-likeness (QED) is 0.868. The Kier molecular flexibility index (Phi) is 4.56. The van der Waals surface area contributed by atoms with Crippen LogP contribution in [0.5, 0.6) is 0 Å². The van der Waals surface area contributed by atoms with Crippen LogP contribution in [0.25, 0.3) is 0 Å². The molecule has 0 aliphatic carbocycles. The maximum atomic E-state index is 4.46. The number of nitrogens with zero attached hydrogens (tertiary/aromatic N) is 2. The van der Waals surface area contributed by atoms with E-state index in [4.69, 9.17) is 0 Å². The molecular formula is C15H19N3S. The molecule has 0 atom stereocenters. The van der Waals surface area contributed by atoms with Gasteiger partial charge in [0.25, 0.3) is 0 Å². The highest BCUT2D eigenvalue weighted by Gasteiger charge is 2.05. The van der Waals surface area contributed by atoms with E-state index < -0.39 is 0 Å². The molecule has 19 heavy (non-hydrogen) atoms. The summed E-state index contributed by atoms with van der Waals surface area (Å²) in [6.45, 7) is 7.04. The lowest BCUT2D eigenvalue weighted by Gasteiger charge is -2.08. The van der Waals surface area contributed by atoms with E-state index in [1.807, 2.05) is 27.0 Å². The van der Waals surface area contributed by atoms with E-state index in [0.717, 1.165) is 23.1 Å². The smallest absolute Gasteiger partial charge is 0.192 e. The summed E-state index contributed by atoms with van der Waals surface area (Å²) in [5.41, 5.74) is 4.65. The van der Waals surface area contributed by atoms with Gasteiger partial charge >= 0.3 is 0 Å². The molecule has 0 fully saturated rings. The summed E-state index contributed by atoms with van der Waals surface area (Å²) >= 11 is 1.61. The molecular weight excluding hydrogens is 254 g/mol. The largest absolute Gasteiger partial charge is 0.316 e. The molecule has 4 heteroatoms. The normalized spacial score (nSPS) is 10.7. The third-order valence-electron chi connectivity index (χ3n) is 2.85. The fraction of sp³-hybridized carbons (Fsp3) is 0.333. The Morgan fingerprint density at radius 1 is 1.05 bits per heavy atom. The standard InChI is InChI=1S/C15H19N3S/c1-10-7-14(6-5-13(10)9-16-4)19-15-17-11(2)8-12(3)18-15/h5-8,16H,9H2,1-4H3. The van der Waals surface area contributed by atoms with Crippen molar-refractivity contribution in [3.05, 3.63) is 46.8 Å². The second kappa shape index (κ2) is 6.17. The van der Waals surface area contributed by atoms with Crippen molar-refractivity contribution in [2.45, 2.75) is 37.4 Å². The van der Waals surface area contributed by atoms with Gasteiger partial charge < -0.3 is 5.32 Å². The molecule has 0 radical (unpaired) electrons. The van der Waals surface area contributed by atoms with Crippen LogP contribution in [0.1, 0.15) is 22.5 Å². The third kappa shape index (κ3) is 3.78. The van der Waals surface area contributed by atoms with E-state index in [2.05, 4.69) is 40.4 Å². The van der Waals surface area contributed by atoms with Crippen LogP contribution in [0.2, 0.25) is 0 Å². The molecule has 1 N–H and O–H groups in total. The molecule has 0 saturated carbocycles. The highest BCUT2D eigenvalue weighted by atomic mass is 32.2. The fourth-order valence-electron chi connectivity index (χ4n) is 1.97. The Labute approximate surface area is 118 Å². The van der Waals surface area contributed by atoms with Gasteiger partial charge in [0.1, 0.15) is 0 Å². The van der Waals surface area contributed by atoms with Crippen LogP contribution in [-0.4, -0.2) is 17.0 Å². The average Bonchev–Trinajstić information content (AvgIpc) is 2.31. The number of benzene rings is 1. The second-order valence-electron chi connectivity index (χ2n) is 4.65. The number of nitrogens with one attached hydrogen (secondary N) is 1. The summed E-state index contributed by atoms with van der Waals surface area (Å²) < 4.78 is 0. The monoisotopic (exact) mass is 273 g/mol. The first-order valence-corrected chi connectivity index (χ1v) is 7.14. The van der Waals surface area contributed by atoms with Crippen molar-refractivity contribution in [3.8, 4) is 0 Å². The first-order valence-electron chi connectivity index (χ1n) is 6.33. The first kappa shape index (κ1) is 14.0. The van der Waals surface area contributed by atoms with Crippen LogP contribution in [0.4, 0.5) is 0 Å². The summed E-state index contributed by atoms with van der Waals surface area (Å²) in [7, 11) is 1.96. The van der Waals surface area contributed by atoms with Gasteiger partial charge in [-0.2, -0.15) is 0 Å². The predicted molar refractivity (Wildman–Crippen MR) is 79.6 cm³/mol. The third-order valence-corrected chi connectivity index (χ3v) is 3.71. The van der Waals surface area contributed by atoms with Crippen molar-refractivity contribution in [3.63, 3.8) is 0 Å². The Hall–Kier alpha value is -1.39. The van der Waals surface area contributed by atoms with E-state index in [0.29, 0.717) is 0 Å². The molecule has 2 rings (SSSR count). The summed E-state index contributed by atoms with van der Waals surface area (Å²) in [6.07, 6.45) is 0. The van der Waals surface area contributed by atoms with Crippen molar-refractivity contribution < 1.29 is 0 Å². The number of hydrogen-bond acceptors (Lipinski definition) is 4. The molecule has 0 bridgehead atoms. The van der Waals surface area contributed by atoms with Gasteiger partial charge in [-0.15, -0.1) is 0 Å². The van der Waals surface area contributed by atoms with Gasteiger partial charge in [0.15, 0.2) is 5.16 Å². The Bertz CT molecular complexity index is 561. The van der Waals surface area contributed by atoms with E-state index in [-0.39, 0.29) is 0 Å². The Balaban J connectivity index is 2.21. The fourth-order valence-corrected chi connectivity index (χ4v) is 2.93. The van der Waals surface area contributed by atoms with Gasteiger partial charge in [-0.25, -0.2) is 9.97 Å². The molecule has 0 spiro atoms. The van der Waals surface area contributed by atoms with Crippen molar-refractivity contribution in [2.75, 3.05) is 7.05 Å². The average molecular weight is 273 g/mol. The minimum absolute atomic E-state index is 0.818. The SMILES string of the molecule is CNCc1ccc(Sc2nc(C)cc(C)n2)cc1C. The molecule has 100 valence electrons. The number of hydrogen-bond donors (Lipinski definition) is 1. The van der Waals surface area contributed by atoms with Crippen LogP contribution < -0.4 is 5.32 Å². The molecule has 1 aromatic carbocycles. The molecule has 0 aliphatic heterocycles. The van der Waals surface area contributed by atoms with Gasteiger partial charge in [-0.3, -0.25) is 0 Å². The molecule has 1 heterocycles. The summed E-state index contributed by atoms with van der Waals surface area (Å²) in [6, 6.07) is 8.48. The predicted octanol–water partition coefficient (Wildman–Crippen LogP) is 3.27. The molecule has 1 aromatic heterocycles. The number of rotatable bonds is 4. The van der Waals surface area contributed by atoms with Crippen LogP contribution >= 0.6 is 11.8 Å². The lowest BCUT2D eigenvalue weighted by Crippen LogP contribution is -2.06. The zero-order valence-corrected chi connectivity index (χ0v) is 12.6. The second-order valence-corrected chi connectivity index (χ2v) is 5.69. The van der Waals surface area contributed by atoms with Crippen LogP contribution in [0.3, 0.4) is 0 Å². The van der Waals surface area contributed by atoms with E-state index >= 15 is 0 Å². The molecule has 2 aromatic rings. The van der Waals surface area contributed by atoms with Crippen molar-refractivity contribution in [2.24, 2.45) is 0 Å². The lowest BCUT2D eigenvalue weighted by molar-refractivity contribution is 0.810. The summed E-state index contributed by atoms with van der Waals surface area (Å²) in [4.78, 5) is 10.1. The minimum atomic E-state index is 0.818. The molecule has 0 aliphatic rings. The van der Waals surface area contributed by atoms with Gasteiger partial charge in [-0.1, -0.05) is 6.07 Å². The van der Waals surface area contributed by atoms with Crippen molar-refractivity contribution in [1.29, 1.82) is 0 Å². The van der Waals surface area contributed by atoms with Gasteiger partial charge in [0.2, 0.25) is 0 Å². The Morgan fingerprint density at radius 2 is 1.74 bits per heavy atom. The highest BCUT2D eigenvalue weighted by Crippen LogP contribution is 2.26. The minimum Gasteiger partial charge on any atom is -0.316 e. The first-order chi connectivity index (χ1) is 9.08. The Morgan fingerprint density at radius 3 is 2.32 bits per heavy atom. The van der Waals surface area contributed by atoms with Gasteiger partial charge in [0, 0.05) is 22.8 Å². The topological polar surface area (TPSA) is 37.8 Å². The van der Waals surface area contributed by atoms with Crippen LogP contribution in [0, 0.1) is 20.8 Å². The molecule has 0 amide bonds. The zero-order valence-electron chi connectivity index (χ0n) is 11.8. The van der Waals surface area contributed by atoms with Crippen molar-refractivity contribution >= 4 is 11.8 Å². The summed E-state index contributed by atoms with van der Waals surface area (Å²) in [5.74, 6) is 0. The molecule has 3 nitrogen and oxygen atoms in total. The van der Waals surface area contributed by atoms with Crippen LogP contribution in [-0.2, 0) is 6.54 Å². The molecule has 0 unspecified atom stereocenters. The van der Waals surface area contributed by atoms with E-state index in [1.165, 1.54) is 16.0 Å². The van der Waals surface area contributed by atoms with Gasteiger partial charge in [-0.05, 0) is 68.9 Å². The number of aryl methyl sites for hydroxylation is 3. The van der Waals surface area contributed by atoms with E-state index in [9.17, 15) is 0 Å².